The first-order valence-corrected chi connectivity index (χ1v) is 8.31. The zero-order valence-electron chi connectivity index (χ0n) is 13.2. The van der Waals surface area contributed by atoms with E-state index in [4.69, 9.17) is 13.7 Å². The lowest BCUT2D eigenvalue weighted by atomic mass is 10.2. The maximum Gasteiger partial charge on any atom is 0.357 e. The van der Waals surface area contributed by atoms with Gasteiger partial charge in [-0.25, -0.2) is 5.06 Å². The highest BCUT2D eigenvalue weighted by molar-refractivity contribution is 7.41. The number of benzene rings is 2. The molecule has 0 saturated carbocycles. The summed E-state index contributed by atoms with van der Waals surface area (Å²) in [5.41, 5.74) is 2.02. The van der Waals surface area contributed by atoms with E-state index < -0.39 is 8.60 Å². The van der Waals surface area contributed by atoms with Gasteiger partial charge in [0, 0.05) is 14.0 Å². The normalized spacial score (nSPS) is 10.7. The van der Waals surface area contributed by atoms with Gasteiger partial charge >= 0.3 is 8.60 Å². The molecule has 0 atom stereocenters. The number of carbonyl (C=O) groups excluding carboxylic acids is 1. The molecule has 1 amide bonds. The van der Waals surface area contributed by atoms with Gasteiger partial charge in [-0.2, -0.15) is 4.62 Å². The lowest BCUT2D eigenvalue weighted by molar-refractivity contribution is -0.152. The molecule has 0 radical (unpaired) electrons. The van der Waals surface area contributed by atoms with E-state index in [-0.39, 0.29) is 5.91 Å². The summed E-state index contributed by atoms with van der Waals surface area (Å²) in [6.45, 7) is 2.13. The zero-order chi connectivity index (χ0) is 16.5. The molecular formula is C17H20NO4P. The highest BCUT2D eigenvalue weighted by Crippen LogP contribution is 2.42. The minimum absolute atomic E-state index is 0.218. The molecule has 122 valence electrons. The summed E-state index contributed by atoms with van der Waals surface area (Å²) in [6.07, 6.45) is 0. The van der Waals surface area contributed by atoms with Crippen molar-refractivity contribution in [3.8, 4) is 0 Å². The van der Waals surface area contributed by atoms with Crippen LogP contribution in [0.1, 0.15) is 18.1 Å². The Kier molecular flexibility index (Phi) is 7.17. The highest BCUT2D eigenvalue weighted by Gasteiger charge is 2.18. The molecule has 0 saturated heterocycles. The van der Waals surface area contributed by atoms with Gasteiger partial charge in [0.1, 0.15) is 0 Å². The lowest BCUT2D eigenvalue weighted by Gasteiger charge is -2.21. The van der Waals surface area contributed by atoms with Crippen LogP contribution < -0.4 is 0 Å². The summed E-state index contributed by atoms with van der Waals surface area (Å²) < 4.78 is 16.9. The number of hydroxylamine groups is 2. The molecular weight excluding hydrogens is 313 g/mol. The fourth-order valence-electron chi connectivity index (χ4n) is 1.64. The summed E-state index contributed by atoms with van der Waals surface area (Å²) in [7, 11) is -0.138. The average molecular weight is 333 g/mol. The van der Waals surface area contributed by atoms with Crippen LogP contribution in [0.25, 0.3) is 0 Å². The Labute approximate surface area is 137 Å². The largest absolute Gasteiger partial charge is 0.357 e. The van der Waals surface area contributed by atoms with Gasteiger partial charge in [0.2, 0.25) is 5.91 Å². The molecule has 5 nitrogen and oxygen atoms in total. The number of nitrogens with zero attached hydrogens (tertiary/aromatic N) is 1. The van der Waals surface area contributed by atoms with Crippen molar-refractivity contribution in [2.24, 2.45) is 0 Å². The summed E-state index contributed by atoms with van der Waals surface area (Å²) >= 11 is 0. The maximum absolute atomic E-state index is 11.3. The van der Waals surface area contributed by atoms with E-state index in [1.165, 1.54) is 14.0 Å². The molecule has 0 aliphatic heterocycles. The van der Waals surface area contributed by atoms with Gasteiger partial charge in [0.15, 0.2) is 0 Å². The van der Waals surface area contributed by atoms with Gasteiger partial charge in [-0.15, -0.1) is 0 Å². The Hall–Kier alpha value is -1.78. The first-order valence-electron chi connectivity index (χ1n) is 7.21. The van der Waals surface area contributed by atoms with E-state index in [1.807, 2.05) is 60.7 Å². The van der Waals surface area contributed by atoms with Crippen LogP contribution in [-0.2, 0) is 31.7 Å². The molecule has 0 aliphatic rings. The Balaban J connectivity index is 1.92. The summed E-state index contributed by atoms with van der Waals surface area (Å²) in [5, 5.41) is 1.13. The number of amides is 1. The van der Waals surface area contributed by atoms with Crippen LogP contribution in [-0.4, -0.2) is 18.0 Å². The number of rotatable bonds is 8. The topological polar surface area (TPSA) is 48.0 Å². The van der Waals surface area contributed by atoms with Crippen molar-refractivity contribution in [3.63, 3.8) is 0 Å². The molecule has 23 heavy (non-hydrogen) atoms. The average Bonchev–Trinajstić information content (AvgIpc) is 2.59. The number of carbonyl (C=O) groups is 1. The van der Waals surface area contributed by atoms with Crippen LogP contribution >= 0.6 is 8.60 Å². The fourth-order valence-corrected chi connectivity index (χ4v) is 2.64. The van der Waals surface area contributed by atoms with E-state index in [1.54, 1.807) is 0 Å². The molecule has 0 N–H and O–H groups in total. The molecule has 0 bridgehead atoms. The van der Waals surface area contributed by atoms with Crippen LogP contribution in [0.2, 0.25) is 0 Å². The number of hydrogen-bond donors (Lipinski definition) is 0. The van der Waals surface area contributed by atoms with E-state index in [9.17, 15) is 4.79 Å². The predicted octanol–water partition coefficient (Wildman–Crippen LogP) is 4.06. The van der Waals surface area contributed by atoms with Crippen LogP contribution in [0.4, 0.5) is 0 Å². The maximum atomic E-state index is 11.3. The van der Waals surface area contributed by atoms with Crippen molar-refractivity contribution in [1.82, 2.24) is 5.06 Å². The van der Waals surface area contributed by atoms with Crippen molar-refractivity contribution in [1.29, 1.82) is 0 Å². The second-order valence-corrected chi connectivity index (χ2v) is 5.97. The van der Waals surface area contributed by atoms with Gasteiger partial charge in [0.05, 0.1) is 13.2 Å². The first-order chi connectivity index (χ1) is 11.1. The number of hydrogen-bond acceptors (Lipinski definition) is 4. The zero-order valence-corrected chi connectivity index (χ0v) is 14.1. The Bertz CT molecular complexity index is 551. The quantitative estimate of drug-likeness (QED) is 0.540. The first kappa shape index (κ1) is 17.6. The fraction of sp³-hybridized carbons (Fsp3) is 0.235. The molecule has 0 unspecified atom stereocenters. The second kappa shape index (κ2) is 9.38. The smallest absolute Gasteiger partial charge is 0.306 e. The Morgan fingerprint density at radius 2 is 1.35 bits per heavy atom. The molecule has 0 heterocycles. The van der Waals surface area contributed by atoms with Gasteiger partial charge in [0.25, 0.3) is 0 Å². The molecule has 0 aliphatic carbocycles. The van der Waals surface area contributed by atoms with E-state index >= 15 is 0 Å². The highest BCUT2D eigenvalue weighted by atomic mass is 31.2. The van der Waals surface area contributed by atoms with Crippen molar-refractivity contribution >= 4 is 14.5 Å². The van der Waals surface area contributed by atoms with Gasteiger partial charge in [-0.05, 0) is 11.1 Å². The standard InChI is InChI=1S/C17H20NO4P/c1-15(19)18(2)22-23(20-13-16-9-5-3-6-10-16)21-14-17-11-7-4-8-12-17/h3-12H,13-14H2,1-2H3. The third-order valence-electron chi connectivity index (χ3n) is 2.99. The molecule has 6 heteroatoms. The third-order valence-corrected chi connectivity index (χ3v) is 4.05. The molecule has 2 aromatic rings. The molecule has 0 fully saturated rings. The van der Waals surface area contributed by atoms with Crippen molar-refractivity contribution in [3.05, 3.63) is 71.8 Å². The van der Waals surface area contributed by atoms with Crippen molar-refractivity contribution < 1.29 is 18.5 Å². The minimum atomic E-state index is -1.67. The lowest BCUT2D eigenvalue weighted by Crippen LogP contribution is -2.22. The summed E-state index contributed by atoms with van der Waals surface area (Å²) in [6, 6.07) is 19.5. The molecule has 2 rings (SSSR count). The van der Waals surface area contributed by atoms with E-state index in [0.717, 1.165) is 16.2 Å². The Morgan fingerprint density at radius 1 is 0.913 bits per heavy atom. The van der Waals surface area contributed by atoms with Gasteiger partial charge in [-0.1, -0.05) is 60.7 Å². The van der Waals surface area contributed by atoms with Crippen molar-refractivity contribution in [2.75, 3.05) is 7.05 Å². The SMILES string of the molecule is CC(=O)N(C)OP(OCc1ccccc1)OCc1ccccc1. The monoisotopic (exact) mass is 333 g/mol. The second-order valence-electron chi connectivity index (χ2n) is 4.84. The predicted molar refractivity (Wildman–Crippen MR) is 88.9 cm³/mol. The van der Waals surface area contributed by atoms with E-state index in [0.29, 0.717) is 13.2 Å². The van der Waals surface area contributed by atoms with Crippen LogP contribution in [0.5, 0.6) is 0 Å². The van der Waals surface area contributed by atoms with Crippen LogP contribution in [0.3, 0.4) is 0 Å². The summed E-state index contributed by atoms with van der Waals surface area (Å²) in [5.74, 6) is -0.218. The molecule has 0 spiro atoms. The molecule has 0 aromatic heterocycles. The molecule has 2 aromatic carbocycles. The van der Waals surface area contributed by atoms with Crippen LogP contribution in [0.15, 0.2) is 60.7 Å². The van der Waals surface area contributed by atoms with Gasteiger partial charge < -0.3 is 9.05 Å². The van der Waals surface area contributed by atoms with Crippen LogP contribution in [0, 0.1) is 0 Å². The van der Waals surface area contributed by atoms with E-state index in [2.05, 4.69) is 0 Å². The van der Waals surface area contributed by atoms with Gasteiger partial charge in [-0.3, -0.25) is 4.79 Å². The Morgan fingerprint density at radius 3 is 1.74 bits per heavy atom. The summed E-state index contributed by atoms with van der Waals surface area (Å²) in [4.78, 5) is 11.3. The van der Waals surface area contributed by atoms with Crippen molar-refractivity contribution in [2.45, 2.75) is 20.1 Å². The third kappa shape index (κ3) is 6.47. The minimum Gasteiger partial charge on any atom is -0.306 e.